The third-order valence-corrected chi connectivity index (χ3v) is 6.61. The number of benzene rings is 2. The fourth-order valence-corrected chi connectivity index (χ4v) is 5.06. The van der Waals surface area contributed by atoms with Crippen LogP contribution < -0.4 is 9.62 Å². The second-order valence-corrected chi connectivity index (χ2v) is 9.93. The Morgan fingerprint density at radius 2 is 1.80 bits per heavy atom. The van der Waals surface area contributed by atoms with Crippen molar-refractivity contribution >= 4 is 38.1 Å². The Labute approximate surface area is 180 Å². The number of sulfonamides is 1. The summed E-state index contributed by atoms with van der Waals surface area (Å²) in [5.74, 6) is -0.448. The Bertz CT molecular complexity index is 1140. The molecule has 1 atom stereocenters. The lowest BCUT2D eigenvalue weighted by Gasteiger charge is -2.30. The van der Waals surface area contributed by atoms with Gasteiger partial charge in [0.1, 0.15) is 11.0 Å². The van der Waals surface area contributed by atoms with Crippen LogP contribution in [0.4, 0.5) is 10.8 Å². The molecule has 7 nitrogen and oxygen atoms in total. The number of anilines is 2. The third-order valence-electron chi connectivity index (χ3n) is 4.54. The first kappa shape index (κ1) is 21.9. The highest BCUT2D eigenvalue weighted by molar-refractivity contribution is 7.92. The highest BCUT2D eigenvalue weighted by atomic mass is 32.2. The van der Waals surface area contributed by atoms with Crippen LogP contribution in [-0.4, -0.2) is 36.8 Å². The van der Waals surface area contributed by atoms with Gasteiger partial charge in [0.05, 0.1) is 11.9 Å². The Morgan fingerprint density at radius 3 is 2.40 bits per heavy atom. The molecular weight excluding hydrogens is 420 g/mol. The van der Waals surface area contributed by atoms with Crippen LogP contribution in [0.2, 0.25) is 0 Å². The normalized spacial score (nSPS) is 12.4. The Kier molecular flexibility index (Phi) is 6.52. The number of aryl methyl sites for hydroxylation is 2. The smallest absolute Gasteiger partial charge is 0.250 e. The van der Waals surface area contributed by atoms with Crippen molar-refractivity contribution < 1.29 is 13.2 Å². The molecule has 3 rings (SSSR count). The molecule has 0 aliphatic rings. The number of carbonyl (C=O) groups is 1. The van der Waals surface area contributed by atoms with Crippen molar-refractivity contribution in [2.24, 2.45) is 0 Å². The summed E-state index contributed by atoms with van der Waals surface area (Å²) < 4.78 is 26.2. The number of nitrogens with zero attached hydrogens (tertiary/aromatic N) is 3. The quantitative estimate of drug-likeness (QED) is 0.594. The average molecular weight is 445 g/mol. The first-order valence-electron chi connectivity index (χ1n) is 9.46. The molecule has 30 heavy (non-hydrogen) atoms. The highest BCUT2D eigenvalue weighted by Crippen LogP contribution is 2.28. The molecule has 1 heterocycles. The summed E-state index contributed by atoms with van der Waals surface area (Å²) in [6.07, 6.45) is 1.40. The van der Waals surface area contributed by atoms with Gasteiger partial charge >= 0.3 is 0 Å². The fraction of sp³-hybridized carbons (Fsp3) is 0.286. The minimum atomic E-state index is -3.69. The average Bonchev–Trinajstić information content (AvgIpc) is 3.13. The molecule has 158 valence electrons. The molecule has 1 N–H and O–H groups in total. The van der Waals surface area contributed by atoms with Gasteiger partial charge in [0.2, 0.25) is 21.1 Å². The maximum atomic E-state index is 13.0. The summed E-state index contributed by atoms with van der Waals surface area (Å²) in [5.41, 5.74) is 3.41. The van der Waals surface area contributed by atoms with E-state index in [0.29, 0.717) is 22.2 Å². The molecular formula is C21H24N4O3S2. The molecule has 0 bridgehead atoms. The molecule has 0 saturated carbocycles. The first-order chi connectivity index (χ1) is 14.2. The zero-order valence-corrected chi connectivity index (χ0v) is 18.9. The predicted molar refractivity (Wildman–Crippen MR) is 121 cm³/mol. The van der Waals surface area contributed by atoms with Gasteiger partial charge in [0, 0.05) is 5.56 Å². The van der Waals surface area contributed by atoms with Crippen molar-refractivity contribution in [3.63, 3.8) is 0 Å². The van der Waals surface area contributed by atoms with Crippen LogP contribution in [0.25, 0.3) is 10.6 Å². The Hall–Kier alpha value is -2.78. The molecule has 2 aromatic carbocycles. The molecule has 0 radical (unpaired) electrons. The van der Waals surface area contributed by atoms with Gasteiger partial charge < -0.3 is 0 Å². The molecule has 0 unspecified atom stereocenters. The van der Waals surface area contributed by atoms with Gasteiger partial charge in [0.25, 0.3) is 0 Å². The second kappa shape index (κ2) is 8.93. The summed E-state index contributed by atoms with van der Waals surface area (Å²) in [6, 6.07) is 14.0. The molecule has 0 spiro atoms. The van der Waals surface area contributed by atoms with Crippen molar-refractivity contribution in [2.75, 3.05) is 15.9 Å². The largest absolute Gasteiger partial charge is 0.299 e. The van der Waals surface area contributed by atoms with E-state index in [2.05, 4.69) is 15.5 Å². The minimum absolute atomic E-state index is 0.302. The van der Waals surface area contributed by atoms with Gasteiger partial charge in [-0.05, 0) is 38.0 Å². The van der Waals surface area contributed by atoms with Crippen LogP contribution in [0.5, 0.6) is 0 Å². The van der Waals surface area contributed by atoms with E-state index in [4.69, 9.17) is 0 Å². The van der Waals surface area contributed by atoms with E-state index in [1.165, 1.54) is 11.3 Å². The third kappa shape index (κ3) is 5.03. The summed E-state index contributed by atoms with van der Waals surface area (Å²) in [6.45, 7) is 5.65. The second-order valence-electron chi connectivity index (χ2n) is 7.09. The van der Waals surface area contributed by atoms with Crippen LogP contribution >= 0.6 is 11.3 Å². The van der Waals surface area contributed by atoms with E-state index in [9.17, 15) is 13.2 Å². The van der Waals surface area contributed by atoms with Gasteiger partial charge in [-0.25, -0.2) is 8.42 Å². The summed E-state index contributed by atoms with van der Waals surface area (Å²) in [5, 5.41) is 11.9. The van der Waals surface area contributed by atoms with E-state index in [-0.39, 0.29) is 0 Å². The lowest BCUT2D eigenvalue weighted by Crippen LogP contribution is -2.47. The number of carbonyl (C=O) groups excluding carboxylic acids is 1. The van der Waals surface area contributed by atoms with Crippen LogP contribution in [0.15, 0.2) is 48.5 Å². The van der Waals surface area contributed by atoms with Crippen LogP contribution in [0, 0.1) is 13.8 Å². The van der Waals surface area contributed by atoms with Crippen LogP contribution in [0.3, 0.4) is 0 Å². The van der Waals surface area contributed by atoms with Crippen LogP contribution in [-0.2, 0) is 14.8 Å². The van der Waals surface area contributed by atoms with Crippen molar-refractivity contribution in [1.82, 2.24) is 10.2 Å². The monoisotopic (exact) mass is 444 g/mol. The molecule has 0 aliphatic heterocycles. The summed E-state index contributed by atoms with van der Waals surface area (Å²) in [7, 11) is -3.69. The van der Waals surface area contributed by atoms with E-state index < -0.39 is 22.0 Å². The molecule has 0 aliphatic carbocycles. The molecule has 9 heteroatoms. The van der Waals surface area contributed by atoms with Gasteiger partial charge in [-0.3, -0.25) is 14.4 Å². The predicted octanol–water partition coefficient (Wildman–Crippen LogP) is 4.01. The standard InChI is InChI=1S/C21H24N4O3S2/c1-5-18(25(30(4,27)28)17-8-6-7-15(3)13-17)19(26)22-21-24-23-20(29-21)16-11-9-14(2)10-12-16/h6-13,18H,5H2,1-4H3,(H,22,24,26)/t18-/m0/s1. The lowest BCUT2D eigenvalue weighted by atomic mass is 10.1. The maximum absolute atomic E-state index is 13.0. The number of amides is 1. The summed E-state index contributed by atoms with van der Waals surface area (Å²) >= 11 is 1.24. The number of aromatic nitrogens is 2. The molecule has 1 aromatic heterocycles. The number of rotatable bonds is 7. The molecule has 0 saturated heterocycles. The van der Waals surface area contributed by atoms with Gasteiger partial charge in [-0.15, -0.1) is 10.2 Å². The molecule has 3 aromatic rings. The number of hydrogen-bond donors (Lipinski definition) is 1. The topological polar surface area (TPSA) is 92.3 Å². The molecule has 1 amide bonds. The lowest BCUT2D eigenvalue weighted by molar-refractivity contribution is -0.117. The van der Waals surface area contributed by atoms with Crippen molar-refractivity contribution in [2.45, 2.75) is 33.2 Å². The highest BCUT2D eigenvalue weighted by Gasteiger charge is 2.32. The van der Waals surface area contributed by atoms with Crippen molar-refractivity contribution in [3.05, 3.63) is 59.7 Å². The number of hydrogen-bond acceptors (Lipinski definition) is 6. The first-order valence-corrected chi connectivity index (χ1v) is 12.1. The molecule has 0 fully saturated rings. The van der Waals surface area contributed by atoms with Crippen LogP contribution in [0.1, 0.15) is 24.5 Å². The van der Waals surface area contributed by atoms with E-state index in [1.54, 1.807) is 25.1 Å². The fourth-order valence-electron chi connectivity index (χ4n) is 3.10. The van der Waals surface area contributed by atoms with Gasteiger partial charge in [0.15, 0.2) is 0 Å². The maximum Gasteiger partial charge on any atom is 0.250 e. The van der Waals surface area contributed by atoms with E-state index in [1.807, 2.05) is 44.2 Å². The number of nitrogens with one attached hydrogen (secondary N) is 1. The van der Waals surface area contributed by atoms with E-state index >= 15 is 0 Å². The summed E-state index contributed by atoms with van der Waals surface area (Å²) in [4.78, 5) is 13.0. The van der Waals surface area contributed by atoms with Gasteiger partial charge in [-0.1, -0.05) is 60.2 Å². The Morgan fingerprint density at radius 1 is 1.10 bits per heavy atom. The van der Waals surface area contributed by atoms with E-state index in [0.717, 1.165) is 27.3 Å². The Balaban J connectivity index is 1.85. The van der Waals surface area contributed by atoms with Crippen molar-refractivity contribution in [1.29, 1.82) is 0 Å². The zero-order valence-electron chi connectivity index (χ0n) is 17.3. The van der Waals surface area contributed by atoms with Gasteiger partial charge in [-0.2, -0.15) is 0 Å². The minimum Gasteiger partial charge on any atom is -0.299 e. The SMILES string of the molecule is CC[C@@H](C(=O)Nc1nnc(-c2ccc(C)cc2)s1)N(c1cccc(C)c1)S(C)(=O)=O. The zero-order chi connectivity index (χ0) is 21.9. The van der Waals surface area contributed by atoms with Crippen molar-refractivity contribution in [3.8, 4) is 10.6 Å².